The molecule has 0 unspecified atom stereocenters. The van der Waals surface area contributed by atoms with Gasteiger partial charge < -0.3 is 10.2 Å². The predicted molar refractivity (Wildman–Crippen MR) is 78.2 cm³/mol. The molecule has 1 saturated heterocycles. The van der Waals surface area contributed by atoms with E-state index in [4.69, 9.17) is 0 Å². The fourth-order valence-electron chi connectivity index (χ4n) is 2.69. The second kappa shape index (κ2) is 6.91. The molecule has 1 aromatic carbocycles. The van der Waals surface area contributed by atoms with Crippen molar-refractivity contribution in [1.29, 1.82) is 0 Å². The van der Waals surface area contributed by atoms with Gasteiger partial charge in [-0.2, -0.15) is 0 Å². The Balaban J connectivity index is 1.97. The zero-order valence-corrected chi connectivity index (χ0v) is 11.8. The Labute approximate surface area is 111 Å². The van der Waals surface area contributed by atoms with Gasteiger partial charge in [0.15, 0.2) is 0 Å². The lowest BCUT2D eigenvalue weighted by molar-refractivity contribution is 0.243. The molecule has 2 nitrogen and oxygen atoms in total. The van der Waals surface area contributed by atoms with E-state index in [1.807, 2.05) is 0 Å². The number of hydrogen-bond donors (Lipinski definition) is 1. The largest absolute Gasteiger partial charge is 0.314 e. The summed E-state index contributed by atoms with van der Waals surface area (Å²) in [6.07, 6.45) is 3.50. The van der Waals surface area contributed by atoms with Gasteiger partial charge in [0.25, 0.3) is 0 Å². The van der Waals surface area contributed by atoms with E-state index in [0.29, 0.717) is 0 Å². The molecule has 1 N–H and O–H groups in total. The highest BCUT2D eigenvalue weighted by molar-refractivity contribution is 5.32. The average Bonchev–Trinajstić information content (AvgIpc) is 2.45. The van der Waals surface area contributed by atoms with Crippen LogP contribution in [-0.4, -0.2) is 37.6 Å². The number of nitrogens with zero attached hydrogens (tertiary/aromatic N) is 1. The molecule has 0 amide bonds. The van der Waals surface area contributed by atoms with Gasteiger partial charge in [-0.05, 0) is 36.0 Å². The number of piperazine rings is 1. The summed E-state index contributed by atoms with van der Waals surface area (Å²) in [5.74, 6) is 0. The minimum Gasteiger partial charge on any atom is -0.314 e. The highest BCUT2D eigenvalue weighted by atomic mass is 15.2. The standard InChI is InChI=1S/C16H26N2/c1-3-14-5-6-15(4-2)16(13-14)7-10-18-11-8-17-9-12-18/h5-6,13,17H,3-4,7-12H2,1-2H3. The first-order valence-electron chi connectivity index (χ1n) is 7.37. The fourth-order valence-corrected chi connectivity index (χ4v) is 2.69. The molecule has 2 heteroatoms. The molecule has 0 aromatic heterocycles. The molecule has 18 heavy (non-hydrogen) atoms. The number of aryl methyl sites for hydroxylation is 2. The molecule has 1 aliphatic rings. The first-order valence-corrected chi connectivity index (χ1v) is 7.37. The quantitative estimate of drug-likeness (QED) is 0.857. The van der Waals surface area contributed by atoms with E-state index in [2.05, 4.69) is 42.3 Å². The molecular formula is C16H26N2. The van der Waals surface area contributed by atoms with Crippen LogP contribution in [0, 0.1) is 0 Å². The van der Waals surface area contributed by atoms with E-state index in [1.54, 1.807) is 5.56 Å². The lowest BCUT2D eigenvalue weighted by Crippen LogP contribution is -2.44. The van der Waals surface area contributed by atoms with Crippen molar-refractivity contribution in [3.63, 3.8) is 0 Å². The average molecular weight is 246 g/mol. The van der Waals surface area contributed by atoms with Gasteiger partial charge in [0.2, 0.25) is 0 Å². The Morgan fingerprint density at radius 2 is 1.83 bits per heavy atom. The lowest BCUT2D eigenvalue weighted by Gasteiger charge is -2.27. The summed E-state index contributed by atoms with van der Waals surface area (Å²) >= 11 is 0. The van der Waals surface area contributed by atoms with Crippen molar-refractivity contribution in [1.82, 2.24) is 10.2 Å². The summed E-state index contributed by atoms with van der Waals surface area (Å²) in [6.45, 7) is 10.4. The highest BCUT2D eigenvalue weighted by Gasteiger charge is 2.10. The molecule has 0 bridgehead atoms. The number of nitrogens with one attached hydrogen (secondary N) is 1. The van der Waals surface area contributed by atoms with Crippen LogP contribution >= 0.6 is 0 Å². The first-order chi connectivity index (χ1) is 8.83. The van der Waals surface area contributed by atoms with Crippen molar-refractivity contribution in [2.24, 2.45) is 0 Å². The molecule has 1 aromatic rings. The number of benzene rings is 1. The molecule has 2 rings (SSSR count). The third-order valence-corrected chi connectivity index (χ3v) is 3.97. The van der Waals surface area contributed by atoms with Crippen molar-refractivity contribution in [3.8, 4) is 0 Å². The monoisotopic (exact) mass is 246 g/mol. The molecule has 100 valence electrons. The van der Waals surface area contributed by atoms with Crippen LogP contribution in [0.1, 0.15) is 30.5 Å². The first kappa shape index (κ1) is 13.6. The van der Waals surface area contributed by atoms with Gasteiger partial charge in [0.1, 0.15) is 0 Å². The predicted octanol–water partition coefficient (Wildman–Crippen LogP) is 2.26. The van der Waals surface area contributed by atoms with Crippen LogP contribution in [0.15, 0.2) is 18.2 Å². The van der Waals surface area contributed by atoms with E-state index >= 15 is 0 Å². The minimum atomic E-state index is 1.14. The molecule has 0 saturated carbocycles. The van der Waals surface area contributed by atoms with E-state index in [1.165, 1.54) is 37.2 Å². The third-order valence-electron chi connectivity index (χ3n) is 3.97. The summed E-state index contributed by atoms with van der Waals surface area (Å²) < 4.78 is 0. The fraction of sp³-hybridized carbons (Fsp3) is 0.625. The van der Waals surface area contributed by atoms with Crippen molar-refractivity contribution in [2.45, 2.75) is 33.1 Å². The minimum absolute atomic E-state index is 1.14. The van der Waals surface area contributed by atoms with Crippen LogP contribution in [0.25, 0.3) is 0 Å². The summed E-state index contributed by atoms with van der Waals surface area (Å²) in [5.41, 5.74) is 4.57. The second-order valence-electron chi connectivity index (χ2n) is 5.15. The molecule has 0 aliphatic carbocycles. The van der Waals surface area contributed by atoms with Crippen LogP contribution in [0.4, 0.5) is 0 Å². The summed E-state index contributed by atoms with van der Waals surface area (Å²) in [4.78, 5) is 2.58. The normalized spacial score (nSPS) is 17.0. The molecular weight excluding hydrogens is 220 g/mol. The molecule has 1 aliphatic heterocycles. The Hall–Kier alpha value is -0.860. The summed E-state index contributed by atoms with van der Waals surface area (Å²) in [5, 5.41) is 3.41. The summed E-state index contributed by atoms with van der Waals surface area (Å²) in [6, 6.07) is 7.03. The Bertz CT molecular complexity index is 367. The molecule has 0 radical (unpaired) electrons. The smallest absolute Gasteiger partial charge is 0.0108 e. The highest BCUT2D eigenvalue weighted by Crippen LogP contribution is 2.15. The van der Waals surface area contributed by atoms with E-state index < -0.39 is 0 Å². The van der Waals surface area contributed by atoms with Gasteiger partial charge >= 0.3 is 0 Å². The van der Waals surface area contributed by atoms with Gasteiger partial charge in [-0.25, -0.2) is 0 Å². The van der Waals surface area contributed by atoms with Crippen molar-refractivity contribution >= 4 is 0 Å². The molecule has 1 fully saturated rings. The second-order valence-corrected chi connectivity index (χ2v) is 5.15. The van der Waals surface area contributed by atoms with Gasteiger partial charge in [-0.3, -0.25) is 0 Å². The van der Waals surface area contributed by atoms with Gasteiger partial charge in [-0.15, -0.1) is 0 Å². The van der Waals surface area contributed by atoms with Crippen LogP contribution < -0.4 is 5.32 Å². The Kier molecular flexibility index (Phi) is 5.21. The SMILES string of the molecule is CCc1ccc(CC)c(CCN2CCNCC2)c1. The van der Waals surface area contributed by atoms with E-state index in [-0.39, 0.29) is 0 Å². The van der Waals surface area contributed by atoms with Gasteiger partial charge in [0.05, 0.1) is 0 Å². The van der Waals surface area contributed by atoms with Crippen molar-refractivity contribution in [2.75, 3.05) is 32.7 Å². The zero-order chi connectivity index (χ0) is 12.8. The molecule has 0 atom stereocenters. The maximum Gasteiger partial charge on any atom is 0.0108 e. The zero-order valence-electron chi connectivity index (χ0n) is 11.8. The number of rotatable bonds is 5. The lowest BCUT2D eigenvalue weighted by atomic mass is 9.98. The van der Waals surface area contributed by atoms with Crippen LogP contribution in [0.5, 0.6) is 0 Å². The number of hydrogen-bond acceptors (Lipinski definition) is 2. The molecule has 0 spiro atoms. The van der Waals surface area contributed by atoms with E-state index in [0.717, 1.165) is 25.9 Å². The maximum absolute atomic E-state index is 3.41. The van der Waals surface area contributed by atoms with E-state index in [9.17, 15) is 0 Å². The van der Waals surface area contributed by atoms with Crippen LogP contribution in [0.2, 0.25) is 0 Å². The topological polar surface area (TPSA) is 15.3 Å². The maximum atomic E-state index is 3.41. The van der Waals surface area contributed by atoms with Gasteiger partial charge in [0, 0.05) is 32.7 Å². The van der Waals surface area contributed by atoms with Crippen LogP contribution in [0.3, 0.4) is 0 Å². The molecule has 1 heterocycles. The van der Waals surface area contributed by atoms with Crippen molar-refractivity contribution in [3.05, 3.63) is 34.9 Å². The summed E-state index contributed by atoms with van der Waals surface area (Å²) in [7, 11) is 0. The third kappa shape index (κ3) is 3.56. The van der Waals surface area contributed by atoms with Crippen LogP contribution in [-0.2, 0) is 19.3 Å². The van der Waals surface area contributed by atoms with Crippen molar-refractivity contribution < 1.29 is 0 Å². The Morgan fingerprint density at radius 3 is 2.50 bits per heavy atom. The Morgan fingerprint density at radius 1 is 1.06 bits per heavy atom. The van der Waals surface area contributed by atoms with Gasteiger partial charge in [-0.1, -0.05) is 32.0 Å².